The number of hydrogen-bond donors (Lipinski definition) is 1. The Hall–Kier alpha value is -2.14. The normalized spacial score (nSPS) is 17.0. The van der Waals surface area contributed by atoms with Crippen LogP contribution in [0.15, 0.2) is 40.9 Å². The summed E-state index contributed by atoms with van der Waals surface area (Å²) in [6.45, 7) is 2.19. The molecule has 21 heavy (non-hydrogen) atoms. The zero-order valence-corrected chi connectivity index (χ0v) is 11.7. The van der Waals surface area contributed by atoms with E-state index in [9.17, 15) is 4.79 Å². The predicted octanol–water partition coefficient (Wildman–Crippen LogP) is 2.64. The van der Waals surface area contributed by atoms with Crippen LogP contribution >= 0.6 is 0 Å². The largest absolute Gasteiger partial charge is 0.481 e. The number of hydrogen-bond acceptors (Lipinski definition) is 4. The summed E-state index contributed by atoms with van der Waals surface area (Å²) >= 11 is 0. The molecular weight excluding hydrogens is 268 g/mol. The lowest BCUT2D eigenvalue weighted by Crippen LogP contribution is -2.35. The molecule has 1 fully saturated rings. The highest BCUT2D eigenvalue weighted by Gasteiger charge is 2.25. The van der Waals surface area contributed by atoms with Gasteiger partial charge < -0.3 is 9.52 Å². The van der Waals surface area contributed by atoms with Crippen LogP contribution in [0.1, 0.15) is 18.7 Å². The molecule has 0 radical (unpaired) electrons. The molecule has 1 aliphatic heterocycles. The monoisotopic (exact) mass is 286 g/mol. The highest BCUT2D eigenvalue weighted by Crippen LogP contribution is 2.22. The Morgan fingerprint density at radius 2 is 2.00 bits per heavy atom. The molecule has 0 unspecified atom stereocenters. The Bertz CT molecular complexity index is 601. The van der Waals surface area contributed by atoms with Gasteiger partial charge >= 0.3 is 5.97 Å². The van der Waals surface area contributed by atoms with Crippen LogP contribution in [0.5, 0.6) is 0 Å². The van der Waals surface area contributed by atoms with Gasteiger partial charge in [-0.1, -0.05) is 30.3 Å². The Morgan fingerprint density at radius 3 is 2.67 bits per heavy atom. The second-order valence-electron chi connectivity index (χ2n) is 5.37. The molecule has 2 heterocycles. The topological polar surface area (TPSA) is 66.6 Å². The quantitative estimate of drug-likeness (QED) is 0.936. The third-order valence-electron chi connectivity index (χ3n) is 3.91. The summed E-state index contributed by atoms with van der Waals surface area (Å²) < 4.78 is 5.78. The highest BCUT2D eigenvalue weighted by molar-refractivity contribution is 5.70. The Balaban J connectivity index is 1.60. The van der Waals surface area contributed by atoms with Crippen molar-refractivity contribution in [2.45, 2.75) is 19.4 Å². The van der Waals surface area contributed by atoms with Gasteiger partial charge in [-0.15, -0.1) is 0 Å². The number of aliphatic carboxylic acids is 1. The van der Waals surface area contributed by atoms with Crippen LogP contribution in [0.3, 0.4) is 0 Å². The average molecular weight is 286 g/mol. The lowest BCUT2D eigenvalue weighted by atomic mass is 9.97. The molecule has 0 bridgehead atoms. The minimum absolute atomic E-state index is 0.203. The molecular formula is C16H18N2O3. The standard InChI is InChI=1S/C16H18N2O3/c19-16(20)13-6-8-18(9-7-13)11-15-17-10-14(21-15)12-4-2-1-3-5-12/h1-5,10,13H,6-9,11H2,(H,19,20). The lowest BCUT2D eigenvalue weighted by molar-refractivity contribution is -0.143. The highest BCUT2D eigenvalue weighted by atomic mass is 16.4. The number of nitrogens with zero attached hydrogens (tertiary/aromatic N) is 2. The lowest BCUT2D eigenvalue weighted by Gasteiger charge is -2.28. The van der Waals surface area contributed by atoms with Crippen molar-refractivity contribution in [3.63, 3.8) is 0 Å². The van der Waals surface area contributed by atoms with Crippen molar-refractivity contribution in [1.29, 1.82) is 0 Å². The summed E-state index contributed by atoms with van der Waals surface area (Å²) in [7, 11) is 0. The van der Waals surface area contributed by atoms with E-state index in [2.05, 4.69) is 9.88 Å². The van der Waals surface area contributed by atoms with E-state index in [1.807, 2.05) is 30.3 Å². The number of carboxylic acid groups (broad SMARTS) is 1. The fourth-order valence-corrected chi connectivity index (χ4v) is 2.65. The molecule has 0 spiro atoms. The van der Waals surface area contributed by atoms with E-state index in [0.29, 0.717) is 25.3 Å². The smallest absolute Gasteiger partial charge is 0.306 e. The summed E-state index contributed by atoms with van der Waals surface area (Å²) in [6.07, 6.45) is 3.14. The Morgan fingerprint density at radius 1 is 1.29 bits per heavy atom. The molecule has 0 amide bonds. The minimum atomic E-state index is -0.683. The van der Waals surface area contributed by atoms with Crippen LogP contribution < -0.4 is 0 Å². The van der Waals surface area contributed by atoms with Crippen molar-refractivity contribution in [2.24, 2.45) is 5.92 Å². The SMILES string of the molecule is O=C(O)C1CCN(Cc2ncc(-c3ccccc3)o2)CC1. The van der Waals surface area contributed by atoms with E-state index in [1.165, 1.54) is 0 Å². The van der Waals surface area contributed by atoms with Gasteiger partial charge in [-0.3, -0.25) is 9.69 Å². The maximum atomic E-state index is 10.9. The first kappa shape index (κ1) is 13.8. The summed E-state index contributed by atoms with van der Waals surface area (Å²) in [4.78, 5) is 17.4. The van der Waals surface area contributed by atoms with Crippen molar-refractivity contribution in [3.8, 4) is 11.3 Å². The molecule has 1 aliphatic rings. The van der Waals surface area contributed by atoms with Crippen LogP contribution in [0.25, 0.3) is 11.3 Å². The minimum Gasteiger partial charge on any atom is -0.481 e. The van der Waals surface area contributed by atoms with Gasteiger partial charge in [0, 0.05) is 5.56 Å². The molecule has 110 valence electrons. The van der Waals surface area contributed by atoms with Crippen molar-refractivity contribution in [1.82, 2.24) is 9.88 Å². The summed E-state index contributed by atoms with van der Waals surface area (Å²) in [5.74, 6) is 0.566. The molecule has 3 rings (SSSR count). The second kappa shape index (κ2) is 6.10. The Kier molecular flexibility index (Phi) is 4.01. The first-order valence-corrected chi connectivity index (χ1v) is 7.17. The van der Waals surface area contributed by atoms with Crippen molar-refractivity contribution < 1.29 is 14.3 Å². The number of likely N-dealkylation sites (tertiary alicyclic amines) is 1. The second-order valence-corrected chi connectivity index (χ2v) is 5.37. The maximum absolute atomic E-state index is 10.9. The summed E-state index contributed by atoms with van der Waals surface area (Å²) in [6, 6.07) is 9.88. The third kappa shape index (κ3) is 3.31. The van der Waals surface area contributed by atoms with Crippen LogP contribution in [-0.2, 0) is 11.3 Å². The van der Waals surface area contributed by atoms with Gasteiger partial charge in [-0.05, 0) is 25.9 Å². The van der Waals surface area contributed by atoms with E-state index in [1.54, 1.807) is 6.20 Å². The molecule has 0 atom stereocenters. The molecule has 1 aromatic carbocycles. The maximum Gasteiger partial charge on any atom is 0.306 e. The zero-order valence-electron chi connectivity index (χ0n) is 11.7. The predicted molar refractivity (Wildman–Crippen MR) is 77.6 cm³/mol. The molecule has 1 N–H and O–H groups in total. The fraction of sp³-hybridized carbons (Fsp3) is 0.375. The molecule has 5 heteroatoms. The summed E-state index contributed by atoms with van der Waals surface area (Å²) in [5, 5.41) is 8.99. The van der Waals surface area contributed by atoms with Gasteiger partial charge in [0.05, 0.1) is 18.7 Å². The molecule has 0 saturated carbocycles. The van der Waals surface area contributed by atoms with Crippen molar-refractivity contribution in [2.75, 3.05) is 13.1 Å². The van der Waals surface area contributed by atoms with Crippen LogP contribution in [-0.4, -0.2) is 34.0 Å². The fourth-order valence-electron chi connectivity index (χ4n) is 2.65. The van der Waals surface area contributed by atoms with Crippen molar-refractivity contribution in [3.05, 3.63) is 42.4 Å². The molecule has 0 aliphatic carbocycles. The van der Waals surface area contributed by atoms with Crippen LogP contribution in [0.4, 0.5) is 0 Å². The Labute approximate surface area is 123 Å². The molecule has 1 saturated heterocycles. The molecule has 1 aromatic heterocycles. The van der Waals surface area contributed by atoms with Crippen LogP contribution in [0.2, 0.25) is 0 Å². The number of oxazole rings is 1. The van der Waals surface area contributed by atoms with Gasteiger partial charge in [0.15, 0.2) is 5.76 Å². The number of aromatic nitrogens is 1. The summed E-state index contributed by atoms with van der Waals surface area (Å²) in [5.41, 5.74) is 1.01. The number of piperidine rings is 1. The van der Waals surface area contributed by atoms with Gasteiger partial charge in [0.25, 0.3) is 0 Å². The van der Waals surface area contributed by atoms with Crippen LogP contribution in [0, 0.1) is 5.92 Å². The number of carboxylic acids is 1. The average Bonchev–Trinajstić information content (AvgIpc) is 2.97. The van der Waals surface area contributed by atoms with E-state index >= 15 is 0 Å². The van der Waals surface area contributed by atoms with Gasteiger partial charge in [-0.2, -0.15) is 0 Å². The molecule has 2 aromatic rings. The number of carbonyl (C=O) groups is 1. The van der Waals surface area contributed by atoms with E-state index < -0.39 is 5.97 Å². The van der Waals surface area contributed by atoms with Gasteiger partial charge in [0.1, 0.15) is 0 Å². The third-order valence-corrected chi connectivity index (χ3v) is 3.91. The zero-order chi connectivity index (χ0) is 14.7. The number of rotatable bonds is 4. The van der Waals surface area contributed by atoms with E-state index in [4.69, 9.17) is 9.52 Å². The van der Waals surface area contributed by atoms with Gasteiger partial charge in [0.2, 0.25) is 5.89 Å². The first-order valence-electron chi connectivity index (χ1n) is 7.17. The van der Waals surface area contributed by atoms with E-state index in [0.717, 1.165) is 24.4 Å². The molecule has 5 nitrogen and oxygen atoms in total. The number of benzene rings is 1. The first-order chi connectivity index (χ1) is 10.2. The van der Waals surface area contributed by atoms with E-state index in [-0.39, 0.29) is 5.92 Å². The van der Waals surface area contributed by atoms with Crippen molar-refractivity contribution >= 4 is 5.97 Å². The van der Waals surface area contributed by atoms with Gasteiger partial charge in [-0.25, -0.2) is 4.98 Å².